The van der Waals surface area contributed by atoms with Crippen LogP contribution in [0.2, 0.25) is 0 Å². The van der Waals surface area contributed by atoms with Crippen molar-refractivity contribution < 1.29 is 9.59 Å². The molecule has 1 N–H and O–H groups in total. The Morgan fingerprint density at radius 1 is 1.20 bits per heavy atom. The summed E-state index contributed by atoms with van der Waals surface area (Å²) in [5.74, 6) is 0.258. The van der Waals surface area contributed by atoms with Crippen molar-refractivity contribution in [1.29, 1.82) is 0 Å². The van der Waals surface area contributed by atoms with E-state index in [1.165, 1.54) is 19.3 Å². The van der Waals surface area contributed by atoms with Gasteiger partial charge in [-0.2, -0.15) is 0 Å². The number of nitrogens with one attached hydrogen (secondary N) is 1. The lowest BCUT2D eigenvalue weighted by atomic mass is 10.1. The zero-order valence-corrected chi connectivity index (χ0v) is 12.6. The average Bonchev–Trinajstić information content (AvgIpc) is 2.83. The first-order valence-corrected chi connectivity index (χ1v) is 7.94. The van der Waals surface area contributed by atoms with Crippen LogP contribution in [0.15, 0.2) is 0 Å². The maximum atomic E-state index is 11.9. The van der Waals surface area contributed by atoms with Gasteiger partial charge in [-0.25, -0.2) is 0 Å². The predicted molar refractivity (Wildman–Crippen MR) is 78.3 cm³/mol. The van der Waals surface area contributed by atoms with Gasteiger partial charge in [0.25, 0.3) is 0 Å². The lowest BCUT2D eigenvalue weighted by molar-refractivity contribution is -0.128. The van der Waals surface area contributed by atoms with E-state index in [0.717, 1.165) is 32.6 Å². The average molecular weight is 281 g/mol. The maximum Gasteiger partial charge on any atom is 0.222 e. The second-order valence-corrected chi connectivity index (χ2v) is 6.06. The van der Waals surface area contributed by atoms with Crippen LogP contribution in [0.3, 0.4) is 0 Å². The molecule has 20 heavy (non-hydrogen) atoms. The SMILES string of the molecule is CC(CN1CCCCC1)NC(=O)CCN1CCCC1=O. The molecule has 0 aromatic heterocycles. The summed E-state index contributed by atoms with van der Waals surface area (Å²) in [7, 11) is 0. The summed E-state index contributed by atoms with van der Waals surface area (Å²) in [6.45, 7) is 6.70. The fourth-order valence-corrected chi connectivity index (χ4v) is 3.10. The molecule has 0 saturated carbocycles. The summed E-state index contributed by atoms with van der Waals surface area (Å²) in [5, 5.41) is 3.05. The van der Waals surface area contributed by atoms with Crippen molar-refractivity contribution >= 4 is 11.8 Å². The molecule has 5 heteroatoms. The van der Waals surface area contributed by atoms with Crippen molar-refractivity contribution in [2.75, 3.05) is 32.7 Å². The molecule has 1 unspecified atom stereocenters. The van der Waals surface area contributed by atoms with Crippen LogP contribution in [0.1, 0.15) is 45.4 Å². The first kappa shape index (κ1) is 15.3. The summed E-state index contributed by atoms with van der Waals surface area (Å²) in [5.41, 5.74) is 0. The molecule has 0 bridgehead atoms. The Kier molecular flexibility index (Phi) is 5.83. The highest BCUT2D eigenvalue weighted by Crippen LogP contribution is 2.10. The first-order valence-electron chi connectivity index (χ1n) is 7.94. The summed E-state index contributed by atoms with van der Waals surface area (Å²) in [6.07, 6.45) is 5.89. The third kappa shape index (κ3) is 4.78. The van der Waals surface area contributed by atoms with Crippen LogP contribution in [-0.2, 0) is 9.59 Å². The number of carbonyl (C=O) groups is 2. The minimum absolute atomic E-state index is 0.0641. The number of hydrogen-bond acceptors (Lipinski definition) is 3. The highest BCUT2D eigenvalue weighted by molar-refractivity contribution is 5.80. The van der Waals surface area contributed by atoms with E-state index >= 15 is 0 Å². The molecular weight excluding hydrogens is 254 g/mol. The third-order valence-electron chi connectivity index (χ3n) is 4.17. The topological polar surface area (TPSA) is 52.7 Å². The van der Waals surface area contributed by atoms with Gasteiger partial charge in [-0.15, -0.1) is 0 Å². The highest BCUT2D eigenvalue weighted by atomic mass is 16.2. The summed E-state index contributed by atoms with van der Waals surface area (Å²) >= 11 is 0. The van der Waals surface area contributed by atoms with Crippen LogP contribution in [0, 0.1) is 0 Å². The molecule has 0 radical (unpaired) electrons. The summed E-state index contributed by atoms with van der Waals surface area (Å²) in [6, 6.07) is 0.190. The Hall–Kier alpha value is -1.10. The number of piperidine rings is 1. The summed E-state index contributed by atoms with van der Waals surface area (Å²) < 4.78 is 0. The zero-order valence-electron chi connectivity index (χ0n) is 12.6. The number of rotatable bonds is 6. The van der Waals surface area contributed by atoms with E-state index in [4.69, 9.17) is 0 Å². The fraction of sp³-hybridized carbons (Fsp3) is 0.867. The van der Waals surface area contributed by atoms with Gasteiger partial charge in [0.05, 0.1) is 0 Å². The molecule has 0 aromatic carbocycles. The Balaban J connectivity index is 1.61. The van der Waals surface area contributed by atoms with E-state index in [2.05, 4.69) is 17.1 Å². The van der Waals surface area contributed by atoms with Gasteiger partial charge in [0.1, 0.15) is 0 Å². The molecule has 5 nitrogen and oxygen atoms in total. The zero-order chi connectivity index (χ0) is 14.4. The molecule has 2 saturated heterocycles. The summed E-state index contributed by atoms with van der Waals surface area (Å²) in [4.78, 5) is 27.6. The van der Waals surface area contributed by atoms with Gasteiger partial charge in [-0.05, 0) is 39.3 Å². The van der Waals surface area contributed by atoms with Gasteiger partial charge < -0.3 is 15.1 Å². The molecule has 114 valence electrons. The van der Waals surface area contributed by atoms with Gasteiger partial charge in [-0.1, -0.05) is 6.42 Å². The quantitative estimate of drug-likeness (QED) is 0.790. The molecule has 2 rings (SSSR count). The van der Waals surface area contributed by atoms with Crippen LogP contribution in [0.25, 0.3) is 0 Å². The van der Waals surface area contributed by atoms with Crippen molar-refractivity contribution in [2.24, 2.45) is 0 Å². The molecule has 2 heterocycles. The standard InChI is InChI=1S/C15H27N3O2/c1-13(12-17-8-3-2-4-9-17)16-14(19)7-11-18-10-5-6-15(18)20/h13H,2-12H2,1H3,(H,16,19). The van der Waals surface area contributed by atoms with E-state index in [9.17, 15) is 9.59 Å². The smallest absolute Gasteiger partial charge is 0.222 e. The Bertz CT molecular complexity index is 340. The van der Waals surface area contributed by atoms with Gasteiger partial charge in [-0.3, -0.25) is 9.59 Å². The maximum absolute atomic E-state index is 11.9. The molecule has 0 spiro atoms. The number of nitrogens with zero attached hydrogens (tertiary/aromatic N) is 2. The van der Waals surface area contributed by atoms with E-state index in [0.29, 0.717) is 19.4 Å². The Morgan fingerprint density at radius 2 is 1.95 bits per heavy atom. The van der Waals surface area contributed by atoms with E-state index in [-0.39, 0.29) is 17.9 Å². The van der Waals surface area contributed by atoms with Gasteiger partial charge in [0.2, 0.25) is 11.8 Å². The lowest BCUT2D eigenvalue weighted by Crippen LogP contribution is -2.44. The Morgan fingerprint density at radius 3 is 2.60 bits per heavy atom. The number of hydrogen-bond donors (Lipinski definition) is 1. The molecule has 2 aliphatic rings. The minimum Gasteiger partial charge on any atom is -0.352 e. The monoisotopic (exact) mass is 281 g/mol. The van der Waals surface area contributed by atoms with Crippen molar-refractivity contribution in [3.05, 3.63) is 0 Å². The van der Waals surface area contributed by atoms with Crippen LogP contribution >= 0.6 is 0 Å². The van der Waals surface area contributed by atoms with Crippen LogP contribution in [-0.4, -0.2) is 60.4 Å². The van der Waals surface area contributed by atoms with Crippen molar-refractivity contribution in [3.8, 4) is 0 Å². The lowest BCUT2D eigenvalue weighted by Gasteiger charge is -2.29. The van der Waals surface area contributed by atoms with Gasteiger partial charge in [0, 0.05) is 38.5 Å². The van der Waals surface area contributed by atoms with E-state index in [1.54, 1.807) is 4.90 Å². The fourth-order valence-electron chi connectivity index (χ4n) is 3.10. The third-order valence-corrected chi connectivity index (χ3v) is 4.17. The number of likely N-dealkylation sites (tertiary alicyclic amines) is 2. The normalized spacial score (nSPS) is 22.1. The van der Waals surface area contributed by atoms with Crippen molar-refractivity contribution in [1.82, 2.24) is 15.1 Å². The molecule has 2 aliphatic heterocycles. The van der Waals surface area contributed by atoms with E-state index < -0.39 is 0 Å². The van der Waals surface area contributed by atoms with Gasteiger partial charge in [0.15, 0.2) is 0 Å². The number of carbonyl (C=O) groups excluding carboxylic acids is 2. The predicted octanol–water partition coefficient (Wildman–Crippen LogP) is 0.989. The molecule has 2 amide bonds. The second kappa shape index (κ2) is 7.62. The largest absolute Gasteiger partial charge is 0.352 e. The highest BCUT2D eigenvalue weighted by Gasteiger charge is 2.21. The molecule has 1 atom stereocenters. The van der Waals surface area contributed by atoms with Crippen molar-refractivity contribution in [3.63, 3.8) is 0 Å². The molecular formula is C15H27N3O2. The number of amides is 2. The van der Waals surface area contributed by atoms with Crippen molar-refractivity contribution in [2.45, 2.75) is 51.5 Å². The minimum atomic E-state index is 0.0641. The first-order chi connectivity index (χ1) is 9.65. The van der Waals surface area contributed by atoms with Crippen LogP contribution < -0.4 is 5.32 Å². The second-order valence-electron chi connectivity index (χ2n) is 6.06. The van der Waals surface area contributed by atoms with Crippen LogP contribution in [0.4, 0.5) is 0 Å². The Labute approximate surface area is 121 Å². The molecule has 2 fully saturated rings. The molecule has 0 aromatic rings. The van der Waals surface area contributed by atoms with E-state index in [1.807, 2.05) is 0 Å². The van der Waals surface area contributed by atoms with Gasteiger partial charge >= 0.3 is 0 Å². The molecule has 0 aliphatic carbocycles. The van der Waals surface area contributed by atoms with Crippen LogP contribution in [0.5, 0.6) is 0 Å².